The van der Waals surface area contributed by atoms with Gasteiger partial charge in [0.25, 0.3) is 0 Å². The van der Waals surface area contributed by atoms with E-state index in [1.807, 2.05) is 121 Å². The number of nitrogens with zero attached hydrogens (tertiary/aromatic N) is 2. The molecule has 0 bridgehead atoms. The number of benzene rings is 6. The Morgan fingerprint density at radius 3 is 2.21 bits per heavy atom. The smallest absolute Gasteiger partial charge is 0.407 e. The molecule has 1 aliphatic carbocycles. The highest BCUT2D eigenvalue weighted by Crippen LogP contribution is 2.44. The Kier molecular flexibility index (Phi) is 9.37. The summed E-state index contributed by atoms with van der Waals surface area (Å²) in [6.45, 7) is 0.142. The van der Waals surface area contributed by atoms with Crippen molar-refractivity contribution in [3.05, 3.63) is 186 Å². The van der Waals surface area contributed by atoms with E-state index in [1.54, 1.807) is 0 Å². The van der Waals surface area contributed by atoms with E-state index in [9.17, 15) is 9.59 Å². The fourth-order valence-electron chi connectivity index (χ4n) is 8.15. The molecule has 1 aliphatic rings. The van der Waals surface area contributed by atoms with Gasteiger partial charge in [0.15, 0.2) is 0 Å². The molecule has 9 rings (SSSR count). The molecular formula is C48H41N5O3. The molecule has 276 valence electrons. The molecular weight excluding hydrogens is 695 g/mol. The SMILES string of the molecule is Cn1cc(-c2ccccc2)nc1[C@@H](Cc1c[nH]c2ccccc12)NC(=O)[C@@H](Cc1ccc2ccccc2c1)NC(=O)OCC1c2ccccc2-c2ccccc21. The molecule has 0 saturated heterocycles. The van der Waals surface area contributed by atoms with E-state index in [-0.39, 0.29) is 24.9 Å². The van der Waals surface area contributed by atoms with E-state index >= 15 is 0 Å². The van der Waals surface area contributed by atoms with E-state index < -0.39 is 18.2 Å². The van der Waals surface area contributed by atoms with Crippen LogP contribution >= 0.6 is 0 Å². The van der Waals surface area contributed by atoms with Crippen LogP contribution in [0.25, 0.3) is 44.1 Å². The number of rotatable bonds is 11. The minimum atomic E-state index is -0.939. The van der Waals surface area contributed by atoms with Crippen molar-refractivity contribution in [2.75, 3.05) is 6.61 Å². The number of carbonyl (C=O) groups excluding carboxylic acids is 2. The van der Waals surface area contributed by atoms with Gasteiger partial charge >= 0.3 is 6.09 Å². The Hall–Kier alpha value is -6.93. The second-order valence-corrected chi connectivity index (χ2v) is 14.5. The number of aromatic amines is 1. The lowest BCUT2D eigenvalue weighted by atomic mass is 9.98. The van der Waals surface area contributed by atoms with Crippen molar-refractivity contribution in [1.82, 2.24) is 25.2 Å². The third-order valence-corrected chi connectivity index (χ3v) is 10.9. The zero-order valence-corrected chi connectivity index (χ0v) is 31.0. The number of fused-ring (bicyclic) bond motifs is 5. The van der Waals surface area contributed by atoms with Crippen LogP contribution in [0.15, 0.2) is 158 Å². The maximum atomic E-state index is 14.7. The van der Waals surface area contributed by atoms with Gasteiger partial charge in [-0.25, -0.2) is 9.78 Å². The van der Waals surface area contributed by atoms with Crippen molar-refractivity contribution in [3.63, 3.8) is 0 Å². The molecule has 0 spiro atoms. The van der Waals surface area contributed by atoms with Gasteiger partial charge in [0.1, 0.15) is 18.5 Å². The summed E-state index contributed by atoms with van der Waals surface area (Å²) in [5.41, 5.74) is 9.32. The summed E-state index contributed by atoms with van der Waals surface area (Å²) in [5.74, 6) is 0.262. The molecule has 0 fully saturated rings. The molecule has 2 heterocycles. The standard InChI is InChI=1S/C48H41N5O3/c1-53-29-45(33-14-3-2-4-15-33)50-46(53)43(27-35-28-49-42-22-12-11-17-36(35)42)51-47(54)44(26-31-23-24-32-13-5-6-16-34(32)25-31)52-48(55)56-30-41-39-20-9-7-18-37(39)38-19-8-10-21-40(38)41/h2-25,28-29,41,43-44,49H,26-27,30H2,1H3,(H,51,54)(H,52,55)/t43-,44-/m1/s1. The van der Waals surface area contributed by atoms with Gasteiger partial charge in [0, 0.05) is 54.7 Å². The van der Waals surface area contributed by atoms with Crippen LogP contribution < -0.4 is 10.6 Å². The van der Waals surface area contributed by atoms with Crippen molar-refractivity contribution in [1.29, 1.82) is 0 Å². The van der Waals surface area contributed by atoms with Crippen molar-refractivity contribution < 1.29 is 14.3 Å². The Morgan fingerprint density at radius 2 is 1.43 bits per heavy atom. The third kappa shape index (κ3) is 6.93. The number of aryl methyl sites for hydroxylation is 1. The maximum Gasteiger partial charge on any atom is 0.407 e. The van der Waals surface area contributed by atoms with Gasteiger partial charge in [-0.3, -0.25) is 4.79 Å². The number of hydrogen-bond acceptors (Lipinski definition) is 4. The number of alkyl carbamates (subject to hydrolysis) is 1. The average molecular weight is 736 g/mol. The lowest BCUT2D eigenvalue weighted by Crippen LogP contribution is -2.49. The van der Waals surface area contributed by atoms with Crippen LogP contribution in [-0.2, 0) is 29.4 Å². The Labute approximate surface area is 325 Å². The molecule has 3 N–H and O–H groups in total. The molecule has 8 aromatic rings. The topological polar surface area (TPSA) is 101 Å². The van der Waals surface area contributed by atoms with Crippen LogP contribution in [0.5, 0.6) is 0 Å². The molecule has 56 heavy (non-hydrogen) atoms. The van der Waals surface area contributed by atoms with Crippen LogP contribution in [-0.4, -0.2) is 39.2 Å². The van der Waals surface area contributed by atoms with Gasteiger partial charge in [-0.05, 0) is 50.2 Å². The lowest BCUT2D eigenvalue weighted by molar-refractivity contribution is -0.123. The normalized spacial score (nSPS) is 13.2. The number of hydrogen-bond donors (Lipinski definition) is 3. The summed E-state index contributed by atoms with van der Waals surface area (Å²) in [6.07, 6.45) is 4.07. The Bertz CT molecular complexity index is 2650. The van der Waals surface area contributed by atoms with E-state index in [4.69, 9.17) is 9.72 Å². The van der Waals surface area contributed by atoms with E-state index in [2.05, 4.69) is 64.1 Å². The van der Waals surface area contributed by atoms with Gasteiger partial charge in [-0.1, -0.05) is 140 Å². The van der Waals surface area contributed by atoms with Crippen LogP contribution in [0.4, 0.5) is 4.79 Å². The summed E-state index contributed by atoms with van der Waals surface area (Å²) < 4.78 is 7.94. The molecule has 0 radical (unpaired) electrons. The first-order chi connectivity index (χ1) is 27.5. The molecule has 2 aromatic heterocycles. The van der Waals surface area contributed by atoms with Crippen LogP contribution in [0.1, 0.15) is 40.0 Å². The van der Waals surface area contributed by atoms with E-state index in [1.165, 1.54) is 0 Å². The van der Waals surface area contributed by atoms with Crippen molar-refractivity contribution in [3.8, 4) is 22.4 Å². The summed E-state index contributed by atoms with van der Waals surface area (Å²) in [6, 6.07) is 47.4. The number of para-hydroxylation sites is 1. The number of aromatic nitrogens is 3. The molecule has 0 saturated carbocycles. The summed E-state index contributed by atoms with van der Waals surface area (Å²) in [7, 11) is 1.95. The van der Waals surface area contributed by atoms with Gasteiger partial charge < -0.3 is 24.9 Å². The number of amides is 2. The van der Waals surface area contributed by atoms with Crippen molar-refractivity contribution in [2.24, 2.45) is 7.05 Å². The summed E-state index contributed by atoms with van der Waals surface area (Å²) in [4.78, 5) is 36.9. The molecule has 2 amide bonds. The second kappa shape index (κ2) is 15.1. The van der Waals surface area contributed by atoms with Gasteiger partial charge in [0.2, 0.25) is 5.91 Å². The molecule has 0 unspecified atom stereocenters. The monoisotopic (exact) mass is 735 g/mol. The minimum Gasteiger partial charge on any atom is -0.449 e. The van der Waals surface area contributed by atoms with Gasteiger partial charge in [0.05, 0.1) is 11.7 Å². The second-order valence-electron chi connectivity index (χ2n) is 14.5. The van der Waals surface area contributed by atoms with Crippen molar-refractivity contribution >= 4 is 33.7 Å². The quantitative estimate of drug-likeness (QED) is 0.123. The first-order valence-corrected chi connectivity index (χ1v) is 19.0. The summed E-state index contributed by atoms with van der Waals surface area (Å²) >= 11 is 0. The largest absolute Gasteiger partial charge is 0.449 e. The molecule has 8 nitrogen and oxygen atoms in total. The first-order valence-electron chi connectivity index (χ1n) is 19.0. The predicted octanol–water partition coefficient (Wildman–Crippen LogP) is 9.27. The number of nitrogens with one attached hydrogen (secondary N) is 3. The van der Waals surface area contributed by atoms with E-state index in [0.717, 1.165) is 66.3 Å². The highest BCUT2D eigenvalue weighted by Gasteiger charge is 2.31. The molecule has 8 heteroatoms. The Balaban J connectivity index is 1.01. The predicted molar refractivity (Wildman–Crippen MR) is 221 cm³/mol. The Morgan fingerprint density at radius 1 is 0.750 bits per heavy atom. The first kappa shape index (κ1) is 34.8. The number of H-pyrrole nitrogens is 1. The number of ether oxygens (including phenoxy) is 1. The lowest BCUT2D eigenvalue weighted by Gasteiger charge is -2.24. The number of carbonyl (C=O) groups is 2. The van der Waals surface area contributed by atoms with Crippen LogP contribution in [0.3, 0.4) is 0 Å². The average Bonchev–Trinajstić information content (AvgIpc) is 3.93. The zero-order valence-electron chi connectivity index (χ0n) is 31.0. The van der Waals surface area contributed by atoms with Gasteiger partial charge in [-0.15, -0.1) is 0 Å². The zero-order chi connectivity index (χ0) is 38.0. The van der Waals surface area contributed by atoms with Crippen molar-refractivity contribution in [2.45, 2.75) is 30.8 Å². The minimum absolute atomic E-state index is 0.108. The highest BCUT2D eigenvalue weighted by molar-refractivity contribution is 5.88. The summed E-state index contributed by atoms with van der Waals surface area (Å²) in [5, 5.41) is 9.53. The highest BCUT2D eigenvalue weighted by atomic mass is 16.5. The third-order valence-electron chi connectivity index (χ3n) is 10.9. The van der Waals surface area contributed by atoms with Gasteiger partial charge in [-0.2, -0.15) is 0 Å². The molecule has 6 aromatic carbocycles. The molecule has 0 aliphatic heterocycles. The number of imidazole rings is 1. The van der Waals surface area contributed by atoms with E-state index in [0.29, 0.717) is 12.2 Å². The fourth-order valence-corrected chi connectivity index (χ4v) is 8.15. The maximum absolute atomic E-state index is 14.7. The fraction of sp³-hybridized carbons (Fsp3) is 0.146. The molecule has 2 atom stereocenters. The van der Waals surface area contributed by atoms with Crippen LogP contribution in [0.2, 0.25) is 0 Å². The van der Waals surface area contributed by atoms with Crippen LogP contribution in [0, 0.1) is 0 Å².